The van der Waals surface area contributed by atoms with Crippen LogP contribution in [-0.4, -0.2) is 51.2 Å². The highest BCUT2D eigenvalue weighted by Crippen LogP contribution is 2.60. The van der Waals surface area contributed by atoms with Crippen molar-refractivity contribution < 1.29 is 13.2 Å². The largest absolute Gasteiger partial charge is 0.341 e. The predicted octanol–water partition coefficient (Wildman–Crippen LogP) is 3.23. The average molecular weight is 391 g/mol. The van der Waals surface area contributed by atoms with Crippen LogP contribution in [0.3, 0.4) is 0 Å². The van der Waals surface area contributed by atoms with Gasteiger partial charge in [0.15, 0.2) is 0 Å². The Bertz CT molecular complexity index is 811. The van der Waals surface area contributed by atoms with E-state index in [2.05, 4.69) is 0 Å². The Morgan fingerprint density at radius 3 is 2.11 bits per heavy atom. The van der Waals surface area contributed by atoms with E-state index in [0.717, 1.165) is 24.3 Å². The molecule has 4 bridgehead atoms. The number of hydrogen-bond donors (Lipinski definition) is 0. The highest BCUT2D eigenvalue weighted by atomic mass is 32.2. The van der Waals surface area contributed by atoms with Gasteiger partial charge in [0.25, 0.3) is 5.91 Å². The molecule has 1 aromatic rings. The number of carbonyl (C=O) groups is 1. The second kappa shape index (κ2) is 6.59. The van der Waals surface area contributed by atoms with Gasteiger partial charge in [-0.25, -0.2) is 12.7 Å². The third-order valence-electron chi connectivity index (χ3n) is 6.94. The van der Waals surface area contributed by atoms with E-state index < -0.39 is 10.0 Å². The molecule has 0 aliphatic heterocycles. The topological polar surface area (TPSA) is 57.7 Å². The lowest BCUT2D eigenvalue weighted by molar-refractivity contribution is -0.0629. The van der Waals surface area contributed by atoms with Crippen LogP contribution in [0.4, 0.5) is 0 Å². The Morgan fingerprint density at radius 1 is 1.04 bits per heavy atom. The Labute approximate surface area is 162 Å². The Balaban J connectivity index is 1.52. The molecule has 1 amide bonds. The van der Waals surface area contributed by atoms with Crippen LogP contribution in [0.2, 0.25) is 0 Å². The zero-order chi connectivity index (χ0) is 19.4. The Hall–Kier alpha value is -1.40. The molecule has 1 aromatic carbocycles. The molecule has 4 aliphatic carbocycles. The van der Waals surface area contributed by atoms with E-state index in [1.54, 1.807) is 18.2 Å². The van der Waals surface area contributed by atoms with Crippen molar-refractivity contribution in [1.29, 1.82) is 0 Å². The number of nitrogens with zero attached hydrogens (tertiary/aromatic N) is 2. The fourth-order valence-electron chi connectivity index (χ4n) is 6.28. The van der Waals surface area contributed by atoms with E-state index in [1.807, 2.05) is 11.9 Å². The van der Waals surface area contributed by atoms with E-state index in [-0.39, 0.29) is 16.2 Å². The van der Waals surface area contributed by atoms with Gasteiger partial charge in [-0.15, -0.1) is 0 Å². The molecule has 0 radical (unpaired) electrons. The highest BCUT2D eigenvalue weighted by molar-refractivity contribution is 7.89. The summed E-state index contributed by atoms with van der Waals surface area (Å²) in [5.74, 6) is 2.48. The molecule has 0 atom stereocenters. The van der Waals surface area contributed by atoms with E-state index in [1.165, 1.54) is 63.0 Å². The normalized spacial score (nSPS) is 32.1. The van der Waals surface area contributed by atoms with Crippen LogP contribution in [0, 0.1) is 23.2 Å². The summed E-state index contributed by atoms with van der Waals surface area (Å²) in [7, 11) is 1.34. The van der Waals surface area contributed by atoms with Gasteiger partial charge in [-0.3, -0.25) is 4.79 Å². The van der Waals surface area contributed by atoms with E-state index in [0.29, 0.717) is 5.56 Å². The minimum Gasteiger partial charge on any atom is -0.341 e. The van der Waals surface area contributed by atoms with E-state index in [4.69, 9.17) is 0 Å². The first-order valence-electron chi connectivity index (χ1n) is 9.97. The molecule has 5 rings (SSSR count). The highest BCUT2D eigenvalue weighted by Gasteiger charge is 2.51. The summed E-state index contributed by atoms with van der Waals surface area (Å²) in [6.07, 6.45) is 7.94. The molecule has 0 saturated heterocycles. The lowest BCUT2D eigenvalue weighted by atomic mass is 9.49. The van der Waals surface area contributed by atoms with E-state index >= 15 is 0 Å². The lowest BCUT2D eigenvalue weighted by Crippen LogP contribution is -2.51. The summed E-state index contributed by atoms with van der Waals surface area (Å²) in [4.78, 5) is 15.0. The minimum absolute atomic E-state index is 0.0819. The van der Waals surface area contributed by atoms with Gasteiger partial charge >= 0.3 is 0 Å². The second-order valence-electron chi connectivity index (χ2n) is 9.39. The fourth-order valence-corrected chi connectivity index (χ4v) is 7.23. The molecule has 0 N–H and O–H groups in total. The maximum absolute atomic E-state index is 13.0. The number of carbonyl (C=O) groups excluding carboxylic acids is 1. The average Bonchev–Trinajstić information content (AvgIpc) is 2.59. The quantitative estimate of drug-likeness (QED) is 0.776. The summed E-state index contributed by atoms with van der Waals surface area (Å²) in [6.45, 7) is 0.792. The Kier molecular flexibility index (Phi) is 4.62. The zero-order valence-electron chi connectivity index (χ0n) is 16.5. The number of sulfonamides is 1. The van der Waals surface area contributed by atoms with Crippen LogP contribution in [-0.2, 0) is 10.0 Å². The van der Waals surface area contributed by atoms with Gasteiger partial charge in [0.05, 0.1) is 4.90 Å². The van der Waals surface area contributed by atoms with Crippen molar-refractivity contribution in [3.05, 3.63) is 29.8 Å². The number of rotatable bonds is 5. The van der Waals surface area contributed by atoms with Crippen molar-refractivity contribution in [2.75, 3.05) is 27.7 Å². The van der Waals surface area contributed by atoms with Gasteiger partial charge in [0.1, 0.15) is 0 Å². The van der Waals surface area contributed by atoms with Crippen molar-refractivity contribution in [2.45, 2.75) is 43.4 Å². The predicted molar refractivity (Wildman–Crippen MR) is 105 cm³/mol. The molecule has 4 saturated carbocycles. The molecule has 0 unspecified atom stereocenters. The van der Waals surface area contributed by atoms with Crippen molar-refractivity contribution in [1.82, 2.24) is 9.21 Å². The van der Waals surface area contributed by atoms with Gasteiger partial charge in [-0.2, -0.15) is 0 Å². The van der Waals surface area contributed by atoms with Gasteiger partial charge in [-0.1, -0.05) is 6.07 Å². The molecule has 0 spiro atoms. The summed E-state index contributed by atoms with van der Waals surface area (Å²) in [6, 6.07) is 6.43. The fraction of sp³-hybridized carbons (Fsp3) is 0.667. The van der Waals surface area contributed by atoms with Crippen molar-refractivity contribution in [3.8, 4) is 0 Å². The molecule has 27 heavy (non-hydrogen) atoms. The van der Waals surface area contributed by atoms with Crippen LogP contribution in [0.1, 0.15) is 48.9 Å². The molecular weight excluding hydrogens is 360 g/mol. The SMILES string of the molecule is CN(CC12CC3CC(CC(C3)C1)C2)C(=O)c1cccc(S(=O)(=O)N(C)C)c1. The standard InChI is InChI=1S/C21H30N2O3S/c1-22(2)27(25,26)19-6-4-5-18(10-19)20(24)23(3)14-21-11-15-7-16(12-21)9-17(8-15)13-21/h4-6,10,15-17H,7-9,11-14H2,1-3H3. The molecule has 4 fully saturated rings. The number of benzene rings is 1. The maximum atomic E-state index is 13.0. The number of hydrogen-bond acceptors (Lipinski definition) is 3. The maximum Gasteiger partial charge on any atom is 0.253 e. The minimum atomic E-state index is -3.54. The molecule has 5 nitrogen and oxygen atoms in total. The van der Waals surface area contributed by atoms with Crippen LogP contribution in [0.15, 0.2) is 29.2 Å². The third kappa shape index (κ3) is 3.42. The first-order valence-corrected chi connectivity index (χ1v) is 11.4. The zero-order valence-corrected chi connectivity index (χ0v) is 17.3. The molecule has 148 valence electrons. The first-order chi connectivity index (χ1) is 12.7. The van der Waals surface area contributed by atoms with Crippen molar-refractivity contribution in [3.63, 3.8) is 0 Å². The van der Waals surface area contributed by atoms with Crippen LogP contribution >= 0.6 is 0 Å². The number of amides is 1. The van der Waals surface area contributed by atoms with E-state index in [9.17, 15) is 13.2 Å². The second-order valence-corrected chi connectivity index (χ2v) is 11.5. The van der Waals surface area contributed by atoms with Crippen LogP contribution in [0.5, 0.6) is 0 Å². The summed E-state index contributed by atoms with van der Waals surface area (Å²) in [5.41, 5.74) is 0.733. The summed E-state index contributed by atoms with van der Waals surface area (Å²) >= 11 is 0. The lowest BCUT2D eigenvalue weighted by Gasteiger charge is -2.57. The molecule has 0 aromatic heterocycles. The third-order valence-corrected chi connectivity index (χ3v) is 8.75. The molecule has 6 heteroatoms. The van der Waals surface area contributed by atoms with Crippen LogP contribution in [0.25, 0.3) is 0 Å². The van der Waals surface area contributed by atoms with Gasteiger partial charge in [0, 0.05) is 33.3 Å². The van der Waals surface area contributed by atoms with Crippen molar-refractivity contribution >= 4 is 15.9 Å². The summed E-state index contributed by atoms with van der Waals surface area (Å²) < 4.78 is 25.9. The molecule has 0 heterocycles. The molecule has 4 aliphatic rings. The van der Waals surface area contributed by atoms with Gasteiger partial charge in [0.2, 0.25) is 10.0 Å². The summed E-state index contributed by atoms with van der Waals surface area (Å²) in [5, 5.41) is 0. The monoisotopic (exact) mass is 390 g/mol. The molecular formula is C21H30N2O3S. The van der Waals surface area contributed by atoms with Crippen molar-refractivity contribution in [2.24, 2.45) is 23.2 Å². The first kappa shape index (κ1) is 18.9. The van der Waals surface area contributed by atoms with Gasteiger partial charge < -0.3 is 4.90 Å². The Morgan fingerprint density at radius 2 is 1.59 bits per heavy atom. The van der Waals surface area contributed by atoms with Crippen LogP contribution < -0.4 is 0 Å². The van der Waals surface area contributed by atoms with Gasteiger partial charge in [-0.05, 0) is 79.9 Å². The smallest absolute Gasteiger partial charge is 0.253 e.